The Morgan fingerprint density at radius 2 is 1.70 bits per heavy atom. The average molecular weight is 283 g/mol. The zero-order chi connectivity index (χ0) is 14.8. The predicted molar refractivity (Wildman–Crippen MR) is 74.6 cm³/mol. The first-order valence-electron chi connectivity index (χ1n) is 6.29. The minimum absolute atomic E-state index is 0.116. The molecular formula is C14H15BF3O2-. The second-order valence-corrected chi connectivity index (χ2v) is 4.73. The van der Waals surface area contributed by atoms with Gasteiger partial charge in [-0.3, -0.25) is 0 Å². The highest BCUT2D eigenvalue weighted by Gasteiger charge is 2.25. The highest BCUT2D eigenvalue weighted by atomic mass is 19.4. The number of hydrogen-bond donors (Lipinski definition) is 0. The van der Waals surface area contributed by atoms with Crippen LogP contribution in [0.15, 0.2) is 36.4 Å². The third-order valence-electron chi connectivity index (χ3n) is 2.95. The number of halogens is 3. The zero-order valence-corrected chi connectivity index (χ0v) is 11.3. The van der Waals surface area contributed by atoms with E-state index in [4.69, 9.17) is 9.47 Å². The van der Waals surface area contributed by atoms with Gasteiger partial charge in [-0.1, -0.05) is 24.3 Å². The van der Waals surface area contributed by atoms with Gasteiger partial charge in [0.15, 0.2) is 0 Å². The van der Waals surface area contributed by atoms with Crippen molar-refractivity contribution in [1.29, 1.82) is 0 Å². The highest BCUT2D eigenvalue weighted by Crippen LogP contribution is 2.22. The maximum Gasteiger partial charge on any atom is 0.509 e. The van der Waals surface area contributed by atoms with Gasteiger partial charge < -0.3 is 22.4 Å². The summed E-state index contributed by atoms with van der Waals surface area (Å²) in [6.07, 6.45) is -0.116. The Morgan fingerprint density at radius 3 is 2.35 bits per heavy atom. The smallest absolute Gasteiger partial charge is 0.488 e. The monoisotopic (exact) mass is 283 g/mol. The molecule has 2 rings (SSSR count). The van der Waals surface area contributed by atoms with Crippen LogP contribution in [0.25, 0.3) is 10.8 Å². The van der Waals surface area contributed by atoms with Gasteiger partial charge in [-0.05, 0) is 29.8 Å². The summed E-state index contributed by atoms with van der Waals surface area (Å²) in [5, 5.41) is 1.27. The molecule has 2 nitrogen and oxygen atoms in total. The summed E-state index contributed by atoms with van der Waals surface area (Å²) in [7, 11) is 1.58. The minimum atomic E-state index is -4.96. The van der Waals surface area contributed by atoms with E-state index < -0.39 is 12.4 Å². The van der Waals surface area contributed by atoms with Crippen LogP contribution in [0.5, 0.6) is 5.75 Å². The van der Waals surface area contributed by atoms with E-state index in [0.717, 1.165) is 17.5 Å². The maximum absolute atomic E-state index is 12.7. The Kier molecular flexibility index (Phi) is 4.23. The number of fused-ring (bicyclic) bond motifs is 1. The van der Waals surface area contributed by atoms with Gasteiger partial charge in [-0.15, -0.1) is 5.46 Å². The molecule has 0 aliphatic heterocycles. The SMILES string of the molecule is COCC(C)Oc1ccc2cc([B-](F)(F)F)ccc2c1. The lowest BCUT2D eigenvalue weighted by molar-refractivity contribution is 0.0922. The lowest BCUT2D eigenvalue weighted by Gasteiger charge is -2.16. The van der Waals surface area contributed by atoms with E-state index in [1.807, 2.05) is 6.92 Å². The number of benzene rings is 2. The molecule has 6 heteroatoms. The number of ether oxygens (including phenoxy) is 2. The van der Waals surface area contributed by atoms with E-state index in [2.05, 4.69) is 0 Å². The van der Waals surface area contributed by atoms with Crippen LogP contribution in [0.3, 0.4) is 0 Å². The Balaban J connectivity index is 2.27. The fourth-order valence-electron chi connectivity index (χ4n) is 2.02. The van der Waals surface area contributed by atoms with Crippen LogP contribution in [0.4, 0.5) is 12.9 Å². The highest BCUT2D eigenvalue weighted by molar-refractivity contribution is 6.73. The summed E-state index contributed by atoms with van der Waals surface area (Å²) in [6, 6.07) is 8.77. The molecule has 1 unspecified atom stereocenters. The van der Waals surface area contributed by atoms with Crippen LogP contribution in [0.2, 0.25) is 0 Å². The summed E-state index contributed by atoms with van der Waals surface area (Å²) in [5.74, 6) is 0.618. The van der Waals surface area contributed by atoms with Gasteiger partial charge in [0, 0.05) is 7.11 Å². The second kappa shape index (κ2) is 5.75. The van der Waals surface area contributed by atoms with E-state index in [-0.39, 0.29) is 6.10 Å². The molecule has 0 saturated heterocycles. The molecule has 0 spiro atoms. The first-order chi connectivity index (χ1) is 9.40. The minimum Gasteiger partial charge on any atom is -0.488 e. The lowest BCUT2D eigenvalue weighted by Crippen LogP contribution is -2.33. The van der Waals surface area contributed by atoms with Gasteiger partial charge >= 0.3 is 6.98 Å². The third-order valence-corrected chi connectivity index (χ3v) is 2.95. The second-order valence-electron chi connectivity index (χ2n) is 4.73. The van der Waals surface area contributed by atoms with Crippen LogP contribution in [0.1, 0.15) is 6.92 Å². The van der Waals surface area contributed by atoms with Crippen molar-refractivity contribution in [2.24, 2.45) is 0 Å². The molecule has 108 valence electrons. The van der Waals surface area contributed by atoms with Crippen LogP contribution < -0.4 is 10.2 Å². The van der Waals surface area contributed by atoms with Gasteiger partial charge in [-0.2, -0.15) is 0 Å². The molecule has 0 N–H and O–H groups in total. The van der Waals surface area contributed by atoms with E-state index in [1.54, 1.807) is 25.3 Å². The van der Waals surface area contributed by atoms with E-state index in [9.17, 15) is 12.9 Å². The van der Waals surface area contributed by atoms with E-state index >= 15 is 0 Å². The Hall–Kier alpha value is -1.69. The van der Waals surface area contributed by atoms with Crippen LogP contribution in [-0.2, 0) is 4.74 Å². The van der Waals surface area contributed by atoms with Crippen LogP contribution >= 0.6 is 0 Å². The molecule has 1 atom stereocenters. The number of methoxy groups -OCH3 is 1. The molecule has 2 aromatic rings. The van der Waals surface area contributed by atoms with Crippen molar-refractivity contribution in [1.82, 2.24) is 0 Å². The molecule has 0 saturated carbocycles. The van der Waals surface area contributed by atoms with Crippen LogP contribution in [-0.4, -0.2) is 26.8 Å². The van der Waals surface area contributed by atoms with Crippen molar-refractivity contribution in [3.63, 3.8) is 0 Å². The first kappa shape index (κ1) is 14.7. The van der Waals surface area contributed by atoms with E-state index in [1.165, 1.54) is 6.07 Å². The molecule has 0 heterocycles. The molecule has 0 aliphatic carbocycles. The zero-order valence-electron chi connectivity index (χ0n) is 11.3. The Bertz CT molecular complexity index is 598. The van der Waals surface area contributed by atoms with Crippen LogP contribution in [0, 0.1) is 0 Å². The third kappa shape index (κ3) is 3.45. The first-order valence-corrected chi connectivity index (χ1v) is 6.29. The summed E-state index contributed by atoms with van der Waals surface area (Å²) in [4.78, 5) is 0. The predicted octanol–water partition coefficient (Wildman–Crippen LogP) is 3.31. The van der Waals surface area contributed by atoms with Gasteiger partial charge in [0.05, 0.1) is 6.61 Å². The summed E-state index contributed by atoms with van der Waals surface area (Å²) < 4.78 is 48.6. The molecule has 2 aromatic carbocycles. The normalized spacial score (nSPS) is 13.4. The average Bonchev–Trinajstić information content (AvgIpc) is 2.37. The van der Waals surface area contributed by atoms with Crippen molar-refractivity contribution >= 4 is 23.2 Å². The van der Waals surface area contributed by atoms with Gasteiger partial charge in [-0.25, -0.2) is 0 Å². The summed E-state index contributed by atoms with van der Waals surface area (Å²) in [5.41, 5.74) is -0.584. The molecular weight excluding hydrogens is 268 g/mol. The summed E-state index contributed by atoms with van der Waals surface area (Å²) >= 11 is 0. The maximum atomic E-state index is 12.7. The number of rotatable bonds is 5. The van der Waals surface area contributed by atoms with Gasteiger partial charge in [0.1, 0.15) is 11.9 Å². The Morgan fingerprint density at radius 1 is 1.05 bits per heavy atom. The standard InChI is InChI=1S/C14H15BF3O2/c1-10(9-19-2)20-14-6-4-11-7-13(15(16,17)18)5-3-12(11)8-14/h3-8,10H,9H2,1-2H3/q-1. The molecule has 20 heavy (non-hydrogen) atoms. The molecule has 0 aromatic heterocycles. The van der Waals surface area contributed by atoms with Crippen molar-refractivity contribution in [2.45, 2.75) is 13.0 Å². The largest absolute Gasteiger partial charge is 0.509 e. The summed E-state index contributed by atoms with van der Waals surface area (Å²) in [6.45, 7) is -2.65. The molecule has 0 aliphatic rings. The molecule has 0 radical (unpaired) electrons. The quantitative estimate of drug-likeness (QED) is 0.784. The molecule has 0 bridgehead atoms. The fourth-order valence-corrected chi connectivity index (χ4v) is 2.02. The van der Waals surface area contributed by atoms with Crippen molar-refractivity contribution < 1.29 is 22.4 Å². The topological polar surface area (TPSA) is 18.5 Å². The van der Waals surface area contributed by atoms with E-state index in [0.29, 0.717) is 17.7 Å². The lowest BCUT2D eigenvalue weighted by atomic mass is 9.79. The van der Waals surface area contributed by atoms with Gasteiger partial charge in [0.25, 0.3) is 0 Å². The number of hydrogen-bond acceptors (Lipinski definition) is 2. The van der Waals surface area contributed by atoms with Crippen molar-refractivity contribution in [3.8, 4) is 5.75 Å². The van der Waals surface area contributed by atoms with Crippen molar-refractivity contribution in [3.05, 3.63) is 36.4 Å². The fraction of sp³-hybridized carbons (Fsp3) is 0.286. The van der Waals surface area contributed by atoms with Crippen molar-refractivity contribution in [2.75, 3.05) is 13.7 Å². The molecule has 0 fully saturated rings. The Labute approximate surface area is 115 Å². The molecule has 0 amide bonds. The van der Waals surface area contributed by atoms with Gasteiger partial charge in [0.2, 0.25) is 0 Å².